The van der Waals surface area contributed by atoms with E-state index in [9.17, 15) is 0 Å². The largest absolute Gasteiger partial charge is 0.496 e. The number of methoxy groups -OCH3 is 1. The first-order valence-electron chi connectivity index (χ1n) is 5.60. The lowest BCUT2D eigenvalue weighted by molar-refractivity contribution is 0.229. The highest BCUT2D eigenvalue weighted by atomic mass is 16.5. The summed E-state index contributed by atoms with van der Waals surface area (Å²) in [6.45, 7) is 7.01. The van der Waals surface area contributed by atoms with E-state index in [2.05, 4.69) is 6.92 Å². The van der Waals surface area contributed by atoms with Crippen LogP contribution in [0.3, 0.4) is 0 Å². The first-order valence-corrected chi connectivity index (χ1v) is 5.60. The minimum atomic E-state index is 0.587. The minimum Gasteiger partial charge on any atom is -0.496 e. The number of hydrogen-bond donors (Lipinski definition) is 0. The van der Waals surface area contributed by atoms with Crippen molar-refractivity contribution in [3.63, 3.8) is 0 Å². The Morgan fingerprint density at radius 3 is 2.73 bits per heavy atom. The van der Waals surface area contributed by atoms with Gasteiger partial charge in [-0.3, -0.25) is 0 Å². The van der Waals surface area contributed by atoms with Crippen molar-refractivity contribution in [3.8, 4) is 11.5 Å². The average molecular weight is 208 g/mol. The second-order valence-electron chi connectivity index (χ2n) is 3.56. The summed E-state index contributed by atoms with van der Waals surface area (Å²) in [5, 5.41) is 0. The quantitative estimate of drug-likeness (QED) is 0.705. The Balaban J connectivity index is 0.000000531. The first-order chi connectivity index (χ1) is 7.31. The van der Waals surface area contributed by atoms with Crippen LogP contribution in [-0.2, 0) is 6.42 Å². The molecule has 84 valence electrons. The smallest absolute Gasteiger partial charge is 0.126 e. The SMILES string of the molecule is CC.COc1cccc2c1CC(C)CO2. The van der Waals surface area contributed by atoms with Crippen LogP contribution < -0.4 is 9.47 Å². The van der Waals surface area contributed by atoms with Gasteiger partial charge >= 0.3 is 0 Å². The third-order valence-electron chi connectivity index (χ3n) is 2.39. The summed E-state index contributed by atoms with van der Waals surface area (Å²) in [4.78, 5) is 0. The number of ether oxygens (including phenoxy) is 2. The zero-order valence-corrected chi connectivity index (χ0v) is 10.0. The van der Waals surface area contributed by atoms with Gasteiger partial charge in [0.05, 0.1) is 13.7 Å². The fraction of sp³-hybridized carbons (Fsp3) is 0.538. The molecule has 0 bridgehead atoms. The first kappa shape index (κ1) is 11.9. The van der Waals surface area contributed by atoms with Gasteiger partial charge in [0.1, 0.15) is 11.5 Å². The fourth-order valence-corrected chi connectivity index (χ4v) is 1.71. The Hall–Kier alpha value is -1.18. The Labute approximate surface area is 92.2 Å². The number of fused-ring (bicyclic) bond motifs is 1. The maximum Gasteiger partial charge on any atom is 0.126 e. The second-order valence-corrected chi connectivity index (χ2v) is 3.56. The van der Waals surface area contributed by atoms with Gasteiger partial charge in [0.25, 0.3) is 0 Å². The van der Waals surface area contributed by atoms with Crippen LogP contribution in [0, 0.1) is 5.92 Å². The summed E-state index contributed by atoms with van der Waals surface area (Å²) in [5.74, 6) is 2.52. The van der Waals surface area contributed by atoms with Crippen LogP contribution >= 0.6 is 0 Å². The van der Waals surface area contributed by atoms with E-state index in [1.54, 1.807) is 7.11 Å². The molecule has 1 aromatic rings. The maximum absolute atomic E-state index is 5.60. The summed E-state index contributed by atoms with van der Waals surface area (Å²) >= 11 is 0. The highest BCUT2D eigenvalue weighted by Gasteiger charge is 2.19. The van der Waals surface area contributed by atoms with Gasteiger partial charge in [0.15, 0.2) is 0 Å². The molecule has 1 aliphatic heterocycles. The van der Waals surface area contributed by atoms with Crippen molar-refractivity contribution >= 4 is 0 Å². The average Bonchev–Trinajstić information content (AvgIpc) is 2.31. The maximum atomic E-state index is 5.60. The van der Waals surface area contributed by atoms with Crippen LogP contribution in [0.1, 0.15) is 26.3 Å². The molecule has 1 unspecified atom stereocenters. The van der Waals surface area contributed by atoms with Gasteiger partial charge in [-0.1, -0.05) is 26.8 Å². The van der Waals surface area contributed by atoms with Crippen molar-refractivity contribution in [2.45, 2.75) is 27.2 Å². The van der Waals surface area contributed by atoms with Gasteiger partial charge in [-0.15, -0.1) is 0 Å². The molecule has 2 heteroatoms. The molecule has 1 aliphatic rings. The van der Waals surface area contributed by atoms with Crippen molar-refractivity contribution in [3.05, 3.63) is 23.8 Å². The van der Waals surface area contributed by atoms with Crippen LogP contribution in [0.4, 0.5) is 0 Å². The highest BCUT2D eigenvalue weighted by molar-refractivity contribution is 5.45. The van der Waals surface area contributed by atoms with Gasteiger partial charge in [0.2, 0.25) is 0 Å². The van der Waals surface area contributed by atoms with E-state index in [1.807, 2.05) is 32.0 Å². The van der Waals surface area contributed by atoms with Crippen LogP contribution in [0.15, 0.2) is 18.2 Å². The second kappa shape index (κ2) is 5.64. The summed E-state index contributed by atoms with van der Waals surface area (Å²) in [5.41, 5.74) is 1.21. The van der Waals surface area contributed by atoms with E-state index in [4.69, 9.17) is 9.47 Å². The Morgan fingerprint density at radius 2 is 2.07 bits per heavy atom. The molecule has 15 heavy (non-hydrogen) atoms. The molecule has 1 aromatic carbocycles. The van der Waals surface area contributed by atoms with Crippen molar-refractivity contribution in [2.24, 2.45) is 5.92 Å². The van der Waals surface area contributed by atoms with E-state index in [1.165, 1.54) is 5.56 Å². The Kier molecular flexibility index (Phi) is 4.47. The Morgan fingerprint density at radius 1 is 1.33 bits per heavy atom. The van der Waals surface area contributed by atoms with Crippen molar-refractivity contribution in [1.29, 1.82) is 0 Å². The molecule has 0 spiro atoms. The molecule has 2 nitrogen and oxygen atoms in total. The lowest BCUT2D eigenvalue weighted by Gasteiger charge is -2.23. The molecular formula is C13H20O2. The standard InChI is InChI=1S/C11H14O2.C2H6/c1-8-6-9-10(12-2)4-3-5-11(9)13-7-8;1-2/h3-5,8H,6-7H2,1-2H3;1-2H3. The molecule has 0 saturated heterocycles. The minimum absolute atomic E-state index is 0.587. The van der Waals surface area contributed by atoms with E-state index < -0.39 is 0 Å². The predicted octanol–water partition coefficient (Wildman–Crippen LogP) is 3.29. The Bertz CT molecular complexity index is 293. The molecule has 1 heterocycles. The lowest BCUT2D eigenvalue weighted by Crippen LogP contribution is -2.18. The third kappa shape index (κ3) is 2.65. The fourth-order valence-electron chi connectivity index (χ4n) is 1.71. The molecule has 0 N–H and O–H groups in total. The molecule has 0 fully saturated rings. The number of hydrogen-bond acceptors (Lipinski definition) is 2. The third-order valence-corrected chi connectivity index (χ3v) is 2.39. The lowest BCUT2D eigenvalue weighted by atomic mass is 9.98. The highest BCUT2D eigenvalue weighted by Crippen LogP contribution is 2.33. The molecule has 0 aromatic heterocycles. The van der Waals surface area contributed by atoms with Gasteiger partial charge in [-0.05, 0) is 24.5 Å². The molecule has 1 atom stereocenters. The summed E-state index contributed by atoms with van der Waals surface area (Å²) in [6, 6.07) is 5.96. The molecular weight excluding hydrogens is 188 g/mol. The van der Waals surface area contributed by atoms with E-state index in [-0.39, 0.29) is 0 Å². The molecule has 0 saturated carbocycles. The van der Waals surface area contributed by atoms with Crippen LogP contribution in [0.5, 0.6) is 11.5 Å². The predicted molar refractivity (Wildman–Crippen MR) is 62.7 cm³/mol. The van der Waals surface area contributed by atoms with Crippen molar-refractivity contribution in [1.82, 2.24) is 0 Å². The molecule has 0 aliphatic carbocycles. The van der Waals surface area contributed by atoms with Crippen LogP contribution in [-0.4, -0.2) is 13.7 Å². The monoisotopic (exact) mass is 208 g/mol. The zero-order chi connectivity index (χ0) is 11.3. The van der Waals surface area contributed by atoms with Gasteiger partial charge in [0, 0.05) is 5.56 Å². The van der Waals surface area contributed by atoms with Crippen LogP contribution in [0.25, 0.3) is 0 Å². The summed E-state index contributed by atoms with van der Waals surface area (Å²) < 4.78 is 10.9. The number of benzene rings is 1. The normalized spacial score (nSPS) is 18.0. The van der Waals surface area contributed by atoms with E-state index >= 15 is 0 Å². The van der Waals surface area contributed by atoms with Gasteiger partial charge in [-0.25, -0.2) is 0 Å². The van der Waals surface area contributed by atoms with Crippen molar-refractivity contribution in [2.75, 3.05) is 13.7 Å². The van der Waals surface area contributed by atoms with E-state index in [0.29, 0.717) is 5.92 Å². The van der Waals surface area contributed by atoms with Gasteiger partial charge < -0.3 is 9.47 Å². The molecule has 0 radical (unpaired) electrons. The molecule has 2 rings (SSSR count). The van der Waals surface area contributed by atoms with Crippen molar-refractivity contribution < 1.29 is 9.47 Å². The topological polar surface area (TPSA) is 18.5 Å². The molecule has 0 amide bonds. The van der Waals surface area contributed by atoms with Crippen LogP contribution in [0.2, 0.25) is 0 Å². The van der Waals surface area contributed by atoms with Gasteiger partial charge in [-0.2, -0.15) is 0 Å². The summed E-state index contributed by atoms with van der Waals surface area (Å²) in [6.07, 6.45) is 1.05. The summed E-state index contributed by atoms with van der Waals surface area (Å²) in [7, 11) is 1.70. The van der Waals surface area contributed by atoms with E-state index in [0.717, 1.165) is 24.5 Å². The number of rotatable bonds is 1. The zero-order valence-electron chi connectivity index (χ0n) is 10.0.